The van der Waals surface area contributed by atoms with Gasteiger partial charge in [-0.2, -0.15) is 0 Å². The first-order valence-corrected chi connectivity index (χ1v) is 18.5. The molecule has 2 aromatic heterocycles. The van der Waals surface area contributed by atoms with Crippen molar-refractivity contribution in [3.63, 3.8) is 0 Å². The van der Waals surface area contributed by atoms with Crippen molar-refractivity contribution in [3.05, 3.63) is 188 Å². The molecule has 9 aromatic carbocycles. The van der Waals surface area contributed by atoms with E-state index in [1.807, 2.05) is 48.5 Å². The molecule has 0 amide bonds. The minimum atomic E-state index is 0.591. The lowest BCUT2D eigenvalue weighted by Crippen LogP contribution is -2.00. The van der Waals surface area contributed by atoms with E-state index in [9.17, 15) is 0 Å². The summed E-state index contributed by atoms with van der Waals surface area (Å²) in [5.74, 6) is 1.82. The molecule has 0 N–H and O–H groups in total. The van der Waals surface area contributed by atoms with Crippen LogP contribution < -0.4 is 0 Å². The van der Waals surface area contributed by atoms with Crippen molar-refractivity contribution in [2.45, 2.75) is 0 Å². The number of hydrogen-bond acceptors (Lipinski definition) is 4. The van der Waals surface area contributed by atoms with Crippen molar-refractivity contribution in [2.75, 3.05) is 0 Å². The second-order valence-corrected chi connectivity index (χ2v) is 13.9. The Morgan fingerprint density at radius 1 is 0.291 bits per heavy atom. The van der Waals surface area contributed by atoms with E-state index >= 15 is 0 Å². The van der Waals surface area contributed by atoms with E-state index in [-0.39, 0.29) is 0 Å². The fourth-order valence-corrected chi connectivity index (χ4v) is 8.13. The molecule has 11 rings (SSSR count). The second-order valence-electron chi connectivity index (χ2n) is 13.9. The number of rotatable bonds is 5. The minimum Gasteiger partial charge on any atom is -0.455 e. The highest BCUT2D eigenvalue weighted by molar-refractivity contribution is 6.26. The Hall–Kier alpha value is -7.43. The first kappa shape index (κ1) is 31.1. The Labute approximate surface area is 317 Å². The monoisotopic (exact) mass is 701 g/mol. The van der Waals surface area contributed by atoms with Crippen LogP contribution in [0.2, 0.25) is 0 Å². The molecule has 0 saturated carbocycles. The van der Waals surface area contributed by atoms with Crippen LogP contribution in [-0.4, -0.2) is 15.0 Å². The first-order chi connectivity index (χ1) is 27.3. The molecule has 0 bridgehead atoms. The summed E-state index contributed by atoms with van der Waals surface area (Å²) >= 11 is 0. The summed E-state index contributed by atoms with van der Waals surface area (Å²) < 4.78 is 6.79. The molecule has 4 heteroatoms. The molecule has 0 unspecified atom stereocenters. The van der Waals surface area contributed by atoms with Gasteiger partial charge in [0.25, 0.3) is 0 Å². The largest absolute Gasteiger partial charge is 0.455 e. The van der Waals surface area contributed by atoms with Crippen LogP contribution in [-0.2, 0) is 0 Å². The fourth-order valence-electron chi connectivity index (χ4n) is 8.13. The van der Waals surface area contributed by atoms with Gasteiger partial charge in [-0.05, 0) is 79.3 Å². The third-order valence-electron chi connectivity index (χ3n) is 10.7. The van der Waals surface area contributed by atoms with E-state index in [0.29, 0.717) is 17.5 Å². The van der Waals surface area contributed by atoms with Gasteiger partial charge in [0, 0.05) is 33.0 Å². The predicted octanol–water partition coefficient (Wildman–Crippen LogP) is 13.6. The fraction of sp³-hybridized carbons (Fsp3) is 0. The highest BCUT2D eigenvalue weighted by Gasteiger charge is 2.21. The molecule has 0 aliphatic rings. The molecular weight excluding hydrogens is 671 g/mol. The topological polar surface area (TPSA) is 51.8 Å². The van der Waals surface area contributed by atoms with Gasteiger partial charge in [-0.1, -0.05) is 158 Å². The average molecular weight is 702 g/mol. The van der Waals surface area contributed by atoms with E-state index in [2.05, 4.69) is 140 Å². The summed E-state index contributed by atoms with van der Waals surface area (Å²) in [5.41, 5.74) is 8.69. The first-order valence-electron chi connectivity index (χ1n) is 18.5. The van der Waals surface area contributed by atoms with E-state index in [1.165, 1.54) is 32.3 Å². The van der Waals surface area contributed by atoms with Crippen LogP contribution in [0.15, 0.2) is 192 Å². The zero-order valence-corrected chi connectivity index (χ0v) is 29.6. The van der Waals surface area contributed by atoms with Crippen LogP contribution in [0.1, 0.15) is 0 Å². The van der Waals surface area contributed by atoms with Crippen LogP contribution in [0.4, 0.5) is 0 Å². The van der Waals surface area contributed by atoms with Gasteiger partial charge in [0.15, 0.2) is 17.5 Å². The standard InChI is InChI=1S/C51H31N3O/c1-3-14-32(15-4-1)34-18-13-19-36(30-34)50-52-49(33-16-5-2-6-17-33)53-51(54-50)44-29-28-37(48-47(44)43-24-11-12-25-46(43)55-48)35-26-27-42-40-22-8-7-20-38(40)39-21-9-10-23-41(39)45(42)31-35/h1-31H. The lowest BCUT2D eigenvalue weighted by atomic mass is 9.91. The molecule has 2 heterocycles. The molecule has 0 aliphatic heterocycles. The van der Waals surface area contributed by atoms with Crippen molar-refractivity contribution >= 4 is 54.3 Å². The zero-order valence-electron chi connectivity index (χ0n) is 29.6. The molecule has 0 aliphatic carbocycles. The molecule has 0 spiro atoms. The number of nitrogens with zero attached hydrogens (tertiary/aromatic N) is 3. The zero-order chi connectivity index (χ0) is 36.3. The Kier molecular flexibility index (Phi) is 7.14. The summed E-state index contributed by atoms with van der Waals surface area (Å²) in [7, 11) is 0. The molecule has 0 atom stereocenters. The third kappa shape index (κ3) is 5.19. The summed E-state index contributed by atoms with van der Waals surface area (Å²) in [4.78, 5) is 15.4. The van der Waals surface area contributed by atoms with Crippen LogP contribution in [0.3, 0.4) is 0 Å². The van der Waals surface area contributed by atoms with Crippen molar-refractivity contribution in [3.8, 4) is 56.4 Å². The summed E-state index contributed by atoms with van der Waals surface area (Å²) in [6.07, 6.45) is 0. The normalized spacial score (nSPS) is 11.6. The molecule has 0 saturated heterocycles. The van der Waals surface area contributed by atoms with Crippen LogP contribution in [0.5, 0.6) is 0 Å². The summed E-state index contributed by atoms with van der Waals surface area (Å²) in [6.45, 7) is 0. The van der Waals surface area contributed by atoms with Gasteiger partial charge < -0.3 is 4.42 Å². The number of para-hydroxylation sites is 1. The van der Waals surface area contributed by atoms with Gasteiger partial charge >= 0.3 is 0 Å². The summed E-state index contributed by atoms with van der Waals surface area (Å²) in [6, 6.07) is 65.7. The Balaban J connectivity index is 1.15. The van der Waals surface area contributed by atoms with Gasteiger partial charge in [0.05, 0.1) is 0 Å². The molecule has 0 radical (unpaired) electrons. The lowest BCUT2D eigenvalue weighted by molar-refractivity contribution is 0.670. The number of hydrogen-bond donors (Lipinski definition) is 0. The van der Waals surface area contributed by atoms with Gasteiger partial charge in [0.1, 0.15) is 11.2 Å². The van der Waals surface area contributed by atoms with E-state index in [1.54, 1.807) is 0 Å². The van der Waals surface area contributed by atoms with Gasteiger partial charge in [-0.3, -0.25) is 0 Å². The molecule has 4 nitrogen and oxygen atoms in total. The average Bonchev–Trinajstić information content (AvgIpc) is 3.66. The second kappa shape index (κ2) is 12.6. The van der Waals surface area contributed by atoms with Gasteiger partial charge in [-0.15, -0.1) is 0 Å². The van der Waals surface area contributed by atoms with Crippen molar-refractivity contribution in [1.29, 1.82) is 0 Å². The van der Waals surface area contributed by atoms with Gasteiger partial charge in [-0.25, -0.2) is 15.0 Å². The molecule has 11 aromatic rings. The number of aromatic nitrogens is 3. The maximum absolute atomic E-state index is 6.79. The molecule has 0 fully saturated rings. The van der Waals surface area contributed by atoms with E-state index in [0.717, 1.165) is 60.9 Å². The van der Waals surface area contributed by atoms with E-state index in [4.69, 9.17) is 19.4 Å². The maximum Gasteiger partial charge on any atom is 0.164 e. The van der Waals surface area contributed by atoms with E-state index < -0.39 is 0 Å². The highest BCUT2D eigenvalue weighted by atomic mass is 16.3. The number of benzene rings is 9. The molecule has 55 heavy (non-hydrogen) atoms. The number of fused-ring (bicyclic) bond motifs is 9. The smallest absolute Gasteiger partial charge is 0.164 e. The maximum atomic E-state index is 6.79. The summed E-state index contributed by atoms with van der Waals surface area (Å²) in [5, 5.41) is 9.44. The van der Waals surface area contributed by atoms with Crippen molar-refractivity contribution in [2.24, 2.45) is 0 Å². The van der Waals surface area contributed by atoms with Crippen LogP contribution in [0.25, 0.3) is 111 Å². The Bertz CT molecular complexity index is 3220. The van der Waals surface area contributed by atoms with Gasteiger partial charge in [0.2, 0.25) is 0 Å². The Morgan fingerprint density at radius 3 is 1.51 bits per heavy atom. The molecule has 256 valence electrons. The van der Waals surface area contributed by atoms with Crippen molar-refractivity contribution in [1.82, 2.24) is 15.0 Å². The lowest BCUT2D eigenvalue weighted by Gasteiger charge is -2.13. The number of furan rings is 1. The SMILES string of the molecule is c1ccc(-c2cccc(-c3nc(-c4ccccc4)nc(-c4ccc(-c5ccc6c7ccccc7c7ccccc7c6c5)c5oc6ccccc6c45)n3)c2)cc1. The Morgan fingerprint density at radius 2 is 0.800 bits per heavy atom. The molecular formula is C51H31N3O. The quantitative estimate of drug-likeness (QED) is 0.168. The minimum absolute atomic E-state index is 0.591. The predicted molar refractivity (Wildman–Crippen MR) is 227 cm³/mol. The van der Waals surface area contributed by atoms with Crippen molar-refractivity contribution < 1.29 is 4.42 Å². The third-order valence-corrected chi connectivity index (χ3v) is 10.7. The highest BCUT2D eigenvalue weighted by Crippen LogP contribution is 2.43. The van der Waals surface area contributed by atoms with Crippen LogP contribution >= 0.6 is 0 Å². The van der Waals surface area contributed by atoms with Crippen LogP contribution in [0, 0.1) is 0 Å².